The summed E-state index contributed by atoms with van der Waals surface area (Å²) >= 11 is 0. The van der Waals surface area contributed by atoms with Crippen LogP contribution in [0.5, 0.6) is 0 Å². The van der Waals surface area contributed by atoms with Crippen LogP contribution < -0.4 is 15.8 Å². The summed E-state index contributed by atoms with van der Waals surface area (Å²) in [5, 5.41) is 18.3. The lowest BCUT2D eigenvalue weighted by atomic mass is 10.0. The van der Waals surface area contributed by atoms with Crippen LogP contribution in [0.2, 0.25) is 0 Å². The van der Waals surface area contributed by atoms with E-state index in [-0.39, 0.29) is 17.6 Å². The number of aliphatic hydroxyl groups excluding tert-OH is 1. The molecule has 3 heterocycles. The molecule has 0 aromatic carbocycles. The summed E-state index contributed by atoms with van der Waals surface area (Å²) in [5.74, 6) is 1.63. The number of hydrogen-bond donors (Lipinski definition) is 2. The molecule has 0 bridgehead atoms. The highest BCUT2D eigenvalue weighted by Crippen LogP contribution is 2.29. The van der Waals surface area contributed by atoms with Crippen LogP contribution in [0.25, 0.3) is 0 Å². The van der Waals surface area contributed by atoms with Crippen molar-refractivity contribution >= 4 is 11.6 Å². The first kappa shape index (κ1) is 18.9. The minimum absolute atomic E-state index is 0.141. The van der Waals surface area contributed by atoms with Gasteiger partial charge in [-0.2, -0.15) is 5.10 Å². The zero-order valence-electron chi connectivity index (χ0n) is 16.3. The van der Waals surface area contributed by atoms with Crippen LogP contribution in [-0.2, 0) is 0 Å². The largest absolute Gasteiger partial charge is 0.391 e. The van der Waals surface area contributed by atoms with Gasteiger partial charge in [0.15, 0.2) is 0 Å². The molecule has 2 aliphatic rings. The van der Waals surface area contributed by atoms with Crippen molar-refractivity contribution in [1.82, 2.24) is 19.7 Å². The lowest BCUT2D eigenvalue weighted by Gasteiger charge is -2.37. The molecule has 0 radical (unpaired) electrons. The molecule has 0 spiro atoms. The normalized spacial score (nSPS) is 25.1. The fourth-order valence-electron chi connectivity index (χ4n) is 4.30. The molecule has 3 atom stereocenters. The SMILES string of the molecule is Cc1cc(NCC2CCCCN2c2ccc(=O)n(C3CCCC3O)n2)ncn1. The Morgan fingerprint density at radius 3 is 2.86 bits per heavy atom. The molecular formula is C20H28N6O2. The lowest BCUT2D eigenvalue weighted by molar-refractivity contribution is 0.127. The highest BCUT2D eigenvalue weighted by molar-refractivity contribution is 5.41. The molecule has 1 saturated carbocycles. The molecule has 3 unspecified atom stereocenters. The van der Waals surface area contributed by atoms with Gasteiger partial charge >= 0.3 is 0 Å². The highest BCUT2D eigenvalue weighted by atomic mass is 16.3. The maximum absolute atomic E-state index is 12.4. The van der Waals surface area contributed by atoms with E-state index in [9.17, 15) is 9.90 Å². The van der Waals surface area contributed by atoms with Crippen molar-refractivity contribution in [2.75, 3.05) is 23.3 Å². The van der Waals surface area contributed by atoms with E-state index in [1.807, 2.05) is 19.1 Å². The van der Waals surface area contributed by atoms with Crippen molar-refractivity contribution in [1.29, 1.82) is 0 Å². The third kappa shape index (κ3) is 4.01. The highest BCUT2D eigenvalue weighted by Gasteiger charge is 2.30. The predicted molar refractivity (Wildman–Crippen MR) is 108 cm³/mol. The Hall–Kier alpha value is -2.48. The first-order valence-electron chi connectivity index (χ1n) is 10.2. The predicted octanol–water partition coefficient (Wildman–Crippen LogP) is 1.90. The summed E-state index contributed by atoms with van der Waals surface area (Å²) in [5.41, 5.74) is 0.791. The van der Waals surface area contributed by atoms with Gasteiger partial charge in [-0.15, -0.1) is 0 Å². The zero-order valence-corrected chi connectivity index (χ0v) is 16.3. The van der Waals surface area contributed by atoms with Crippen molar-refractivity contribution in [3.8, 4) is 0 Å². The number of nitrogens with zero attached hydrogens (tertiary/aromatic N) is 5. The molecule has 8 nitrogen and oxygen atoms in total. The fourth-order valence-corrected chi connectivity index (χ4v) is 4.30. The molecule has 2 fully saturated rings. The molecule has 2 aromatic heterocycles. The topological polar surface area (TPSA) is 96.2 Å². The van der Waals surface area contributed by atoms with Crippen molar-refractivity contribution in [2.45, 2.75) is 63.6 Å². The minimum atomic E-state index is -0.486. The van der Waals surface area contributed by atoms with E-state index in [0.29, 0.717) is 0 Å². The Morgan fingerprint density at radius 1 is 1.18 bits per heavy atom. The lowest BCUT2D eigenvalue weighted by Crippen LogP contribution is -2.45. The van der Waals surface area contributed by atoms with Crippen molar-refractivity contribution in [3.63, 3.8) is 0 Å². The van der Waals surface area contributed by atoms with Crippen LogP contribution in [0.1, 0.15) is 50.3 Å². The quantitative estimate of drug-likeness (QED) is 0.813. The molecule has 0 amide bonds. The van der Waals surface area contributed by atoms with Crippen LogP contribution in [0, 0.1) is 6.92 Å². The van der Waals surface area contributed by atoms with Crippen molar-refractivity contribution < 1.29 is 5.11 Å². The number of anilines is 2. The second-order valence-electron chi connectivity index (χ2n) is 7.81. The van der Waals surface area contributed by atoms with Gasteiger partial charge in [0, 0.05) is 37.0 Å². The Morgan fingerprint density at radius 2 is 2.07 bits per heavy atom. The van der Waals surface area contributed by atoms with Crippen LogP contribution in [0.4, 0.5) is 11.6 Å². The third-order valence-corrected chi connectivity index (χ3v) is 5.81. The smallest absolute Gasteiger partial charge is 0.267 e. The first-order valence-corrected chi connectivity index (χ1v) is 10.2. The summed E-state index contributed by atoms with van der Waals surface area (Å²) in [6.07, 6.45) is 6.89. The van der Waals surface area contributed by atoms with Gasteiger partial charge in [-0.1, -0.05) is 0 Å². The maximum atomic E-state index is 12.4. The second-order valence-corrected chi connectivity index (χ2v) is 7.81. The molecule has 8 heteroatoms. The van der Waals surface area contributed by atoms with Crippen molar-refractivity contribution in [2.24, 2.45) is 0 Å². The number of aromatic nitrogens is 4. The number of nitrogens with one attached hydrogen (secondary N) is 1. The van der Waals surface area contributed by atoms with Gasteiger partial charge in [-0.25, -0.2) is 14.6 Å². The van der Waals surface area contributed by atoms with Gasteiger partial charge < -0.3 is 15.3 Å². The summed E-state index contributed by atoms with van der Waals surface area (Å²) in [6, 6.07) is 5.40. The number of aryl methyl sites for hydroxylation is 1. The molecule has 4 rings (SSSR count). The first-order chi connectivity index (χ1) is 13.6. The molecule has 150 valence electrons. The molecular weight excluding hydrogens is 356 g/mol. The summed E-state index contributed by atoms with van der Waals surface area (Å²) in [7, 11) is 0. The monoisotopic (exact) mass is 384 g/mol. The van der Waals surface area contributed by atoms with Gasteiger partial charge in [0.05, 0.1) is 12.1 Å². The van der Waals surface area contributed by atoms with E-state index >= 15 is 0 Å². The average Bonchev–Trinajstić information content (AvgIpc) is 3.13. The number of hydrogen-bond acceptors (Lipinski definition) is 7. The fraction of sp³-hybridized carbons (Fsp3) is 0.600. The standard InChI is InChI=1S/C20H28N6O2/c1-14-11-18(23-13-22-14)21-12-15-5-2-3-10-25(15)19-8-9-20(28)26(24-19)16-6-4-7-17(16)27/h8-9,11,13,15-17,27H,2-7,10,12H2,1H3,(H,21,22,23). The van der Waals surface area contributed by atoms with E-state index in [4.69, 9.17) is 0 Å². The van der Waals surface area contributed by atoms with Crippen LogP contribution >= 0.6 is 0 Å². The summed E-state index contributed by atoms with van der Waals surface area (Å²) in [6.45, 7) is 3.61. The van der Waals surface area contributed by atoms with Crippen LogP contribution in [0.3, 0.4) is 0 Å². The third-order valence-electron chi connectivity index (χ3n) is 5.81. The van der Waals surface area contributed by atoms with E-state index in [0.717, 1.165) is 62.5 Å². The molecule has 1 aliphatic carbocycles. The minimum Gasteiger partial charge on any atom is -0.391 e. The summed E-state index contributed by atoms with van der Waals surface area (Å²) in [4.78, 5) is 23.0. The second kappa shape index (κ2) is 8.26. The van der Waals surface area contributed by atoms with E-state index in [1.54, 1.807) is 12.4 Å². The van der Waals surface area contributed by atoms with Gasteiger partial charge in [0.2, 0.25) is 0 Å². The average molecular weight is 384 g/mol. The van der Waals surface area contributed by atoms with Crippen molar-refractivity contribution in [3.05, 3.63) is 40.6 Å². The van der Waals surface area contributed by atoms with Gasteiger partial charge in [-0.05, 0) is 51.5 Å². The van der Waals surface area contributed by atoms with Gasteiger partial charge in [-0.3, -0.25) is 4.79 Å². The molecule has 28 heavy (non-hydrogen) atoms. The molecule has 1 saturated heterocycles. The Balaban J connectivity index is 1.53. The molecule has 2 N–H and O–H groups in total. The number of piperidine rings is 1. The maximum Gasteiger partial charge on any atom is 0.267 e. The Bertz CT molecular complexity index is 870. The Labute approximate surface area is 164 Å². The van der Waals surface area contributed by atoms with E-state index < -0.39 is 6.10 Å². The zero-order chi connectivity index (χ0) is 19.5. The Kier molecular flexibility index (Phi) is 5.57. The molecule has 2 aromatic rings. The van der Waals surface area contributed by atoms with Crippen LogP contribution in [0.15, 0.2) is 29.3 Å². The van der Waals surface area contributed by atoms with Gasteiger partial charge in [0.1, 0.15) is 18.0 Å². The molecule has 1 aliphatic heterocycles. The van der Waals surface area contributed by atoms with Crippen LogP contribution in [-0.4, -0.2) is 50.1 Å². The van der Waals surface area contributed by atoms with E-state index in [2.05, 4.69) is 25.3 Å². The number of aliphatic hydroxyl groups is 1. The number of rotatable bonds is 5. The summed E-state index contributed by atoms with van der Waals surface area (Å²) < 4.78 is 1.50. The van der Waals surface area contributed by atoms with Gasteiger partial charge in [0.25, 0.3) is 5.56 Å². The van der Waals surface area contributed by atoms with E-state index in [1.165, 1.54) is 11.1 Å².